The average molecular weight is 277 g/mol. The Bertz CT molecular complexity index is 400. The summed E-state index contributed by atoms with van der Waals surface area (Å²) in [5.74, 6) is 0.328. The Labute approximate surface area is 122 Å². The number of unbranched alkanes of at least 4 members (excludes halogenated alkanes) is 2. The number of rotatable bonds is 8. The molecule has 0 radical (unpaired) electrons. The van der Waals surface area contributed by atoms with Crippen LogP contribution in [-0.2, 0) is 4.74 Å². The first-order chi connectivity index (χ1) is 9.52. The molecule has 0 aromatic heterocycles. The van der Waals surface area contributed by atoms with E-state index in [4.69, 9.17) is 10.5 Å². The van der Waals surface area contributed by atoms with Crippen molar-refractivity contribution < 1.29 is 9.53 Å². The molecule has 2 unspecified atom stereocenters. The Morgan fingerprint density at radius 1 is 1.20 bits per heavy atom. The third-order valence-corrected chi connectivity index (χ3v) is 3.49. The molecule has 0 aliphatic rings. The van der Waals surface area contributed by atoms with Gasteiger partial charge in [-0.2, -0.15) is 0 Å². The molecule has 0 aliphatic carbocycles. The number of carbonyl (C=O) groups is 1. The highest BCUT2D eigenvalue weighted by Gasteiger charge is 2.14. The Morgan fingerprint density at radius 3 is 2.45 bits per heavy atom. The van der Waals surface area contributed by atoms with Gasteiger partial charge in [-0.3, -0.25) is 0 Å². The van der Waals surface area contributed by atoms with Crippen LogP contribution in [0.15, 0.2) is 24.3 Å². The fourth-order valence-corrected chi connectivity index (χ4v) is 2.35. The highest BCUT2D eigenvalue weighted by molar-refractivity contribution is 5.89. The van der Waals surface area contributed by atoms with E-state index in [0.717, 1.165) is 6.42 Å². The van der Waals surface area contributed by atoms with E-state index in [0.29, 0.717) is 17.2 Å². The summed E-state index contributed by atoms with van der Waals surface area (Å²) in [6.07, 6.45) is 5.87. The van der Waals surface area contributed by atoms with Crippen molar-refractivity contribution in [1.82, 2.24) is 0 Å². The minimum Gasteiger partial charge on any atom is -0.459 e. The second-order valence-corrected chi connectivity index (χ2v) is 5.67. The van der Waals surface area contributed by atoms with E-state index in [1.54, 1.807) is 24.3 Å². The number of hydrogen-bond donors (Lipinski definition) is 1. The molecule has 3 heteroatoms. The predicted molar refractivity (Wildman–Crippen MR) is 83.7 cm³/mol. The molecule has 0 amide bonds. The van der Waals surface area contributed by atoms with Crippen molar-refractivity contribution in [2.45, 2.75) is 59.0 Å². The molecule has 3 nitrogen and oxygen atoms in total. The van der Waals surface area contributed by atoms with Gasteiger partial charge in [0.05, 0.1) is 11.7 Å². The monoisotopic (exact) mass is 277 g/mol. The molecular formula is C17H27NO2. The lowest BCUT2D eigenvalue weighted by molar-refractivity contribution is 0.0291. The topological polar surface area (TPSA) is 52.3 Å². The number of nitrogens with two attached hydrogens (primary N) is 1. The second-order valence-electron chi connectivity index (χ2n) is 5.67. The number of ether oxygens (including phenoxy) is 1. The van der Waals surface area contributed by atoms with Gasteiger partial charge >= 0.3 is 5.97 Å². The van der Waals surface area contributed by atoms with Gasteiger partial charge in [0.2, 0.25) is 0 Å². The van der Waals surface area contributed by atoms with Crippen molar-refractivity contribution in [3.63, 3.8) is 0 Å². The van der Waals surface area contributed by atoms with Gasteiger partial charge in [-0.25, -0.2) is 4.79 Å². The number of anilines is 1. The molecule has 0 bridgehead atoms. The van der Waals surface area contributed by atoms with E-state index in [2.05, 4.69) is 13.8 Å². The molecule has 1 rings (SSSR count). The van der Waals surface area contributed by atoms with Crippen molar-refractivity contribution in [3.8, 4) is 0 Å². The third-order valence-electron chi connectivity index (χ3n) is 3.49. The van der Waals surface area contributed by atoms with Gasteiger partial charge in [-0.15, -0.1) is 0 Å². The zero-order valence-corrected chi connectivity index (χ0v) is 12.9. The summed E-state index contributed by atoms with van der Waals surface area (Å²) in [5.41, 5.74) is 6.81. The van der Waals surface area contributed by atoms with Crippen molar-refractivity contribution in [2.24, 2.45) is 5.92 Å². The van der Waals surface area contributed by atoms with E-state index in [-0.39, 0.29) is 12.1 Å². The standard InChI is InChI=1S/C17H27NO2/c1-4-5-6-7-13(2)12-14(3)20-17(19)15-8-10-16(18)11-9-15/h8-11,13-14H,4-7,12,18H2,1-3H3. The summed E-state index contributed by atoms with van der Waals surface area (Å²) in [7, 11) is 0. The number of benzene rings is 1. The summed E-state index contributed by atoms with van der Waals surface area (Å²) >= 11 is 0. The Morgan fingerprint density at radius 2 is 1.85 bits per heavy atom. The minimum atomic E-state index is -0.266. The zero-order chi connectivity index (χ0) is 15.0. The lowest BCUT2D eigenvalue weighted by Gasteiger charge is -2.18. The van der Waals surface area contributed by atoms with Crippen LogP contribution in [0.25, 0.3) is 0 Å². The molecule has 0 saturated heterocycles. The third kappa shape index (κ3) is 6.09. The number of hydrogen-bond acceptors (Lipinski definition) is 3. The summed E-state index contributed by atoms with van der Waals surface area (Å²) < 4.78 is 5.47. The van der Waals surface area contributed by atoms with Gasteiger partial charge in [0.1, 0.15) is 0 Å². The van der Waals surface area contributed by atoms with Crippen molar-refractivity contribution in [2.75, 3.05) is 5.73 Å². The van der Waals surface area contributed by atoms with E-state index < -0.39 is 0 Å². The predicted octanol–water partition coefficient (Wildman–Crippen LogP) is 4.42. The van der Waals surface area contributed by atoms with Crippen LogP contribution in [0.4, 0.5) is 5.69 Å². The Hall–Kier alpha value is -1.51. The second kappa shape index (κ2) is 8.62. The average Bonchev–Trinajstić information content (AvgIpc) is 2.39. The maximum atomic E-state index is 11.9. The summed E-state index contributed by atoms with van der Waals surface area (Å²) in [5, 5.41) is 0. The number of esters is 1. The summed E-state index contributed by atoms with van der Waals surface area (Å²) in [6.45, 7) is 6.40. The molecule has 0 heterocycles. The zero-order valence-electron chi connectivity index (χ0n) is 12.9. The van der Waals surface area contributed by atoms with Crippen LogP contribution in [0, 0.1) is 5.92 Å². The van der Waals surface area contributed by atoms with Crippen LogP contribution >= 0.6 is 0 Å². The molecule has 1 aromatic carbocycles. The Kier molecular flexibility index (Phi) is 7.13. The van der Waals surface area contributed by atoms with Gasteiger partial charge in [0.15, 0.2) is 0 Å². The molecule has 2 N–H and O–H groups in total. The quantitative estimate of drug-likeness (QED) is 0.435. The fourth-order valence-electron chi connectivity index (χ4n) is 2.35. The molecule has 0 fully saturated rings. The van der Waals surface area contributed by atoms with Gasteiger partial charge in [0.25, 0.3) is 0 Å². The van der Waals surface area contributed by atoms with Crippen molar-refractivity contribution in [3.05, 3.63) is 29.8 Å². The Balaban J connectivity index is 2.35. The highest BCUT2D eigenvalue weighted by atomic mass is 16.5. The molecule has 0 saturated carbocycles. The molecule has 20 heavy (non-hydrogen) atoms. The van der Waals surface area contributed by atoms with Crippen LogP contribution in [0.3, 0.4) is 0 Å². The molecule has 0 aliphatic heterocycles. The first-order valence-corrected chi connectivity index (χ1v) is 7.59. The van der Waals surface area contributed by atoms with Crippen LogP contribution in [0.2, 0.25) is 0 Å². The fraction of sp³-hybridized carbons (Fsp3) is 0.588. The molecule has 1 aromatic rings. The van der Waals surface area contributed by atoms with Crippen LogP contribution in [0.5, 0.6) is 0 Å². The van der Waals surface area contributed by atoms with E-state index >= 15 is 0 Å². The molecule has 0 spiro atoms. The number of carbonyl (C=O) groups excluding carboxylic acids is 1. The smallest absolute Gasteiger partial charge is 0.338 e. The van der Waals surface area contributed by atoms with Crippen molar-refractivity contribution >= 4 is 11.7 Å². The highest BCUT2D eigenvalue weighted by Crippen LogP contribution is 2.17. The largest absolute Gasteiger partial charge is 0.459 e. The first-order valence-electron chi connectivity index (χ1n) is 7.59. The maximum Gasteiger partial charge on any atom is 0.338 e. The van der Waals surface area contributed by atoms with Gasteiger partial charge in [0, 0.05) is 5.69 Å². The van der Waals surface area contributed by atoms with E-state index in [9.17, 15) is 4.79 Å². The molecular weight excluding hydrogens is 250 g/mol. The van der Waals surface area contributed by atoms with Gasteiger partial charge in [-0.1, -0.05) is 39.5 Å². The van der Waals surface area contributed by atoms with Crippen LogP contribution < -0.4 is 5.73 Å². The molecule has 2 atom stereocenters. The molecule has 112 valence electrons. The van der Waals surface area contributed by atoms with Crippen LogP contribution in [0.1, 0.15) is 63.2 Å². The maximum absolute atomic E-state index is 11.9. The van der Waals surface area contributed by atoms with E-state index in [1.165, 1.54) is 25.7 Å². The van der Waals surface area contributed by atoms with Crippen LogP contribution in [-0.4, -0.2) is 12.1 Å². The SMILES string of the molecule is CCCCCC(C)CC(C)OC(=O)c1ccc(N)cc1. The number of nitrogen functional groups attached to an aromatic ring is 1. The lowest BCUT2D eigenvalue weighted by atomic mass is 9.97. The minimum absolute atomic E-state index is 0.0447. The normalized spacial score (nSPS) is 13.8. The lowest BCUT2D eigenvalue weighted by Crippen LogP contribution is -2.17. The van der Waals surface area contributed by atoms with E-state index in [1.807, 2.05) is 6.92 Å². The van der Waals surface area contributed by atoms with Gasteiger partial charge < -0.3 is 10.5 Å². The van der Waals surface area contributed by atoms with Gasteiger partial charge in [-0.05, 0) is 43.5 Å². The summed E-state index contributed by atoms with van der Waals surface area (Å²) in [4.78, 5) is 11.9. The van der Waals surface area contributed by atoms with Crippen molar-refractivity contribution in [1.29, 1.82) is 0 Å². The summed E-state index contributed by atoms with van der Waals surface area (Å²) in [6, 6.07) is 6.84. The first kappa shape index (κ1) is 16.5.